The average molecular weight is 404 g/mol. The Morgan fingerprint density at radius 1 is 1.29 bits per heavy atom. The van der Waals surface area contributed by atoms with Crippen LogP contribution >= 0.6 is 0 Å². The maximum Gasteiger partial charge on any atom is 0.276 e. The molecule has 0 saturated heterocycles. The smallest absolute Gasteiger partial charge is 0.276 e. The van der Waals surface area contributed by atoms with Gasteiger partial charge in [-0.15, -0.1) is 0 Å². The predicted octanol–water partition coefficient (Wildman–Crippen LogP) is 2.15. The summed E-state index contributed by atoms with van der Waals surface area (Å²) in [5, 5.41) is 20.5. The van der Waals surface area contributed by atoms with Crippen LogP contribution in [-0.2, 0) is 9.84 Å². The number of ether oxygens (including phenoxy) is 1. The maximum absolute atomic E-state index is 12.5. The Morgan fingerprint density at radius 3 is 2.79 bits per heavy atom. The van der Waals surface area contributed by atoms with Crippen LogP contribution in [0.5, 0.6) is 5.75 Å². The Kier molecular flexibility index (Phi) is 5.27. The van der Waals surface area contributed by atoms with Gasteiger partial charge >= 0.3 is 0 Å². The molecule has 0 radical (unpaired) electrons. The molecule has 1 heterocycles. The van der Waals surface area contributed by atoms with Crippen molar-refractivity contribution in [2.24, 2.45) is 0 Å². The highest BCUT2D eigenvalue weighted by molar-refractivity contribution is 7.90. The fourth-order valence-electron chi connectivity index (χ4n) is 2.45. The molecule has 0 atom stereocenters. The first kappa shape index (κ1) is 19.3. The van der Waals surface area contributed by atoms with E-state index in [0.29, 0.717) is 22.3 Å². The first-order valence-corrected chi connectivity index (χ1v) is 10.1. The fraction of sp³-hybridized carbons (Fsp3) is 0.176. The number of non-ortho nitro benzene ring substituents is 1. The Bertz CT molecular complexity index is 1160. The van der Waals surface area contributed by atoms with E-state index < -0.39 is 20.7 Å². The minimum atomic E-state index is -3.14. The van der Waals surface area contributed by atoms with E-state index >= 15 is 0 Å². The molecule has 0 bridgehead atoms. The normalized spacial score (nSPS) is 11.3. The highest BCUT2D eigenvalue weighted by atomic mass is 32.2. The van der Waals surface area contributed by atoms with Crippen LogP contribution in [0.1, 0.15) is 10.5 Å². The van der Waals surface area contributed by atoms with Gasteiger partial charge < -0.3 is 10.1 Å². The number of rotatable bonds is 7. The molecule has 0 spiro atoms. The lowest BCUT2D eigenvalue weighted by Gasteiger charge is -2.08. The average Bonchev–Trinajstić information content (AvgIpc) is 3.04. The Labute approximate surface area is 159 Å². The number of carbonyl (C=O) groups excluding carboxylic acids is 1. The van der Waals surface area contributed by atoms with E-state index in [4.69, 9.17) is 4.74 Å². The molecule has 0 aliphatic carbocycles. The summed E-state index contributed by atoms with van der Waals surface area (Å²) in [6, 6.07) is 10.5. The summed E-state index contributed by atoms with van der Waals surface area (Å²) in [5.74, 6) is -0.286. The summed E-state index contributed by atoms with van der Waals surface area (Å²) >= 11 is 0. The van der Waals surface area contributed by atoms with Crippen LogP contribution in [-0.4, -0.2) is 48.1 Å². The van der Waals surface area contributed by atoms with E-state index in [9.17, 15) is 23.3 Å². The molecule has 1 amide bonds. The van der Waals surface area contributed by atoms with E-state index in [2.05, 4.69) is 15.5 Å². The molecule has 1 aromatic heterocycles. The molecular formula is C17H16N4O6S. The van der Waals surface area contributed by atoms with Gasteiger partial charge in [0, 0.05) is 35.5 Å². The Balaban J connectivity index is 1.76. The number of carbonyl (C=O) groups is 1. The summed E-state index contributed by atoms with van der Waals surface area (Å²) in [7, 11) is -3.14. The van der Waals surface area contributed by atoms with Gasteiger partial charge in [-0.2, -0.15) is 5.10 Å². The quantitative estimate of drug-likeness (QED) is 0.453. The van der Waals surface area contributed by atoms with Gasteiger partial charge in [-0.25, -0.2) is 8.42 Å². The second-order valence-corrected chi connectivity index (χ2v) is 8.28. The van der Waals surface area contributed by atoms with Gasteiger partial charge in [-0.3, -0.25) is 20.0 Å². The maximum atomic E-state index is 12.5. The molecule has 0 aliphatic rings. The summed E-state index contributed by atoms with van der Waals surface area (Å²) < 4.78 is 27.7. The lowest BCUT2D eigenvalue weighted by atomic mass is 10.2. The van der Waals surface area contributed by atoms with Gasteiger partial charge in [-0.05, 0) is 18.2 Å². The third kappa shape index (κ3) is 4.62. The molecule has 28 heavy (non-hydrogen) atoms. The van der Waals surface area contributed by atoms with Crippen molar-refractivity contribution >= 4 is 38.0 Å². The minimum absolute atomic E-state index is 0.0100. The highest BCUT2D eigenvalue weighted by Crippen LogP contribution is 2.23. The van der Waals surface area contributed by atoms with E-state index in [0.717, 1.165) is 6.26 Å². The summed E-state index contributed by atoms with van der Waals surface area (Å²) in [4.78, 5) is 22.9. The van der Waals surface area contributed by atoms with Gasteiger partial charge in [0.2, 0.25) is 0 Å². The monoisotopic (exact) mass is 404 g/mol. The minimum Gasteiger partial charge on any atom is -0.492 e. The number of aromatic amines is 1. The van der Waals surface area contributed by atoms with Gasteiger partial charge in [0.25, 0.3) is 11.6 Å². The van der Waals surface area contributed by atoms with Crippen LogP contribution in [0.4, 0.5) is 11.4 Å². The van der Waals surface area contributed by atoms with Crippen LogP contribution in [0, 0.1) is 10.1 Å². The van der Waals surface area contributed by atoms with E-state index in [-0.39, 0.29) is 23.7 Å². The third-order valence-corrected chi connectivity index (χ3v) is 4.70. The molecule has 3 rings (SSSR count). The molecule has 3 aromatic rings. The number of sulfone groups is 1. The largest absolute Gasteiger partial charge is 0.492 e. The number of hydrogen-bond donors (Lipinski definition) is 2. The summed E-state index contributed by atoms with van der Waals surface area (Å²) in [6.45, 7) is -0.0100. The fourth-order valence-corrected chi connectivity index (χ4v) is 2.84. The van der Waals surface area contributed by atoms with Crippen molar-refractivity contribution < 1.29 is 22.9 Å². The summed E-state index contributed by atoms with van der Waals surface area (Å²) in [6.07, 6.45) is 1.12. The number of nitrogens with one attached hydrogen (secondary N) is 2. The van der Waals surface area contributed by atoms with Gasteiger partial charge in [-0.1, -0.05) is 6.07 Å². The molecule has 2 N–H and O–H groups in total. The van der Waals surface area contributed by atoms with Crippen LogP contribution in [0.2, 0.25) is 0 Å². The number of amides is 1. The number of hydrogen-bond acceptors (Lipinski definition) is 7. The van der Waals surface area contributed by atoms with Crippen LogP contribution in [0.25, 0.3) is 10.9 Å². The number of nitro groups is 1. The number of anilines is 1. The molecule has 0 aliphatic heterocycles. The second-order valence-electron chi connectivity index (χ2n) is 6.02. The molecule has 2 aromatic carbocycles. The van der Waals surface area contributed by atoms with Crippen molar-refractivity contribution in [3.8, 4) is 5.75 Å². The summed E-state index contributed by atoms with van der Waals surface area (Å²) in [5.41, 5.74) is 0.767. The van der Waals surface area contributed by atoms with Crippen molar-refractivity contribution in [3.63, 3.8) is 0 Å². The first-order chi connectivity index (χ1) is 13.2. The molecule has 0 unspecified atom stereocenters. The zero-order valence-corrected chi connectivity index (χ0v) is 15.5. The topological polar surface area (TPSA) is 144 Å². The SMILES string of the molecule is CS(=O)(=O)CCOc1cccc(NC(=O)c2n[nH]c3ccc([N+](=O)[O-])cc23)c1. The second kappa shape index (κ2) is 7.64. The predicted molar refractivity (Wildman–Crippen MR) is 102 cm³/mol. The molecule has 0 fully saturated rings. The highest BCUT2D eigenvalue weighted by Gasteiger charge is 2.17. The first-order valence-electron chi connectivity index (χ1n) is 8.07. The van der Waals surface area contributed by atoms with E-state index in [1.165, 1.54) is 24.3 Å². The lowest BCUT2D eigenvalue weighted by molar-refractivity contribution is -0.384. The molecular weight excluding hydrogens is 388 g/mol. The van der Waals surface area contributed by atoms with Gasteiger partial charge in [0.1, 0.15) is 12.4 Å². The molecule has 146 valence electrons. The van der Waals surface area contributed by atoms with Crippen LogP contribution in [0.15, 0.2) is 42.5 Å². The van der Waals surface area contributed by atoms with Crippen molar-refractivity contribution in [2.75, 3.05) is 23.9 Å². The number of nitrogens with zero attached hydrogens (tertiary/aromatic N) is 2. The van der Waals surface area contributed by atoms with Crippen molar-refractivity contribution in [2.45, 2.75) is 0 Å². The zero-order chi connectivity index (χ0) is 20.3. The van der Waals surface area contributed by atoms with E-state index in [1.807, 2.05) is 0 Å². The molecule has 0 saturated carbocycles. The van der Waals surface area contributed by atoms with Gasteiger partial charge in [0.15, 0.2) is 15.5 Å². The number of aromatic nitrogens is 2. The third-order valence-electron chi connectivity index (χ3n) is 3.79. The number of benzene rings is 2. The number of nitro benzene ring substituents is 1. The molecule has 11 heteroatoms. The lowest BCUT2D eigenvalue weighted by Crippen LogP contribution is -2.14. The van der Waals surface area contributed by atoms with E-state index in [1.54, 1.807) is 18.2 Å². The Morgan fingerprint density at radius 2 is 2.07 bits per heavy atom. The number of H-pyrrole nitrogens is 1. The van der Waals surface area contributed by atoms with Gasteiger partial charge in [0.05, 0.1) is 16.2 Å². The molecule has 10 nitrogen and oxygen atoms in total. The van der Waals surface area contributed by atoms with Crippen LogP contribution < -0.4 is 10.1 Å². The number of fused-ring (bicyclic) bond motifs is 1. The van der Waals surface area contributed by atoms with Crippen LogP contribution in [0.3, 0.4) is 0 Å². The standard InChI is InChI=1S/C17H16N4O6S/c1-28(25,26)8-7-27-13-4-2-3-11(9-13)18-17(22)16-14-10-12(21(23)24)5-6-15(14)19-20-16/h2-6,9-10H,7-8H2,1H3,(H,18,22)(H,19,20). The van der Waals surface area contributed by atoms with Crippen molar-refractivity contribution in [1.82, 2.24) is 10.2 Å². The van der Waals surface area contributed by atoms with Crippen molar-refractivity contribution in [3.05, 3.63) is 58.3 Å². The van der Waals surface area contributed by atoms with Crippen molar-refractivity contribution in [1.29, 1.82) is 0 Å². The zero-order valence-electron chi connectivity index (χ0n) is 14.7. The Hall–Kier alpha value is -3.47.